The van der Waals surface area contributed by atoms with E-state index in [0.717, 1.165) is 11.1 Å². The lowest BCUT2D eigenvalue weighted by Gasteiger charge is -2.29. The van der Waals surface area contributed by atoms with Crippen LogP contribution < -0.4 is 10.1 Å². The first-order chi connectivity index (χ1) is 16.9. The number of hydrogen-bond donors (Lipinski definition) is 1. The van der Waals surface area contributed by atoms with Gasteiger partial charge in [0.2, 0.25) is 17.7 Å². The molecule has 2 aromatic rings. The molecule has 4 amide bonds. The third-order valence-corrected chi connectivity index (χ3v) is 6.24. The van der Waals surface area contributed by atoms with Crippen molar-refractivity contribution in [3.63, 3.8) is 0 Å². The molecule has 2 fully saturated rings. The predicted molar refractivity (Wildman–Crippen MR) is 119 cm³/mol. The number of morpholine rings is 1. The summed E-state index contributed by atoms with van der Waals surface area (Å²) in [5, 5.41) is 2.31. The van der Waals surface area contributed by atoms with Gasteiger partial charge in [0.15, 0.2) is 0 Å². The number of nitrogens with zero attached hydrogens (tertiary/aromatic N) is 2. The summed E-state index contributed by atoms with van der Waals surface area (Å²) in [6, 6.07) is 11.9. The Bertz CT molecular complexity index is 1180. The first-order valence-electron chi connectivity index (χ1n) is 11.8. The van der Waals surface area contributed by atoms with Crippen molar-refractivity contribution in [2.24, 2.45) is 0 Å². The molecule has 9 heteroatoms. The van der Waals surface area contributed by atoms with Crippen molar-refractivity contribution in [2.45, 2.75) is 38.6 Å². The van der Waals surface area contributed by atoms with Gasteiger partial charge in [0.1, 0.15) is 25.0 Å². The molecule has 2 unspecified atom stereocenters. The van der Waals surface area contributed by atoms with Gasteiger partial charge in [0, 0.05) is 30.6 Å². The molecule has 0 bridgehead atoms. The summed E-state index contributed by atoms with van der Waals surface area (Å²) in [5.74, 6) is -0.645. The molecule has 3 heterocycles. The highest BCUT2D eigenvalue weighted by Gasteiger charge is 2.40. The summed E-state index contributed by atoms with van der Waals surface area (Å²) >= 11 is 0. The molecule has 1 N–H and O–H groups in total. The fourth-order valence-corrected chi connectivity index (χ4v) is 4.40. The average Bonchev–Trinajstić information content (AvgIpc) is 3.20. The van der Waals surface area contributed by atoms with Gasteiger partial charge in [0.05, 0.1) is 14.5 Å². The minimum atomic E-state index is -0.789. The van der Waals surface area contributed by atoms with E-state index in [0.29, 0.717) is 36.4 Å². The van der Waals surface area contributed by atoms with Crippen LogP contribution in [0.2, 0.25) is 0 Å². The molecular weight excluding hydrogens is 438 g/mol. The van der Waals surface area contributed by atoms with E-state index in [2.05, 4.69) is 5.32 Å². The lowest BCUT2D eigenvalue weighted by atomic mass is 10.0. The summed E-state index contributed by atoms with van der Waals surface area (Å²) in [6.07, 6.45) is 0.509. The average molecular weight is 464 g/mol. The summed E-state index contributed by atoms with van der Waals surface area (Å²) in [7, 11) is 0. The first kappa shape index (κ1) is 20.9. The van der Waals surface area contributed by atoms with Crippen molar-refractivity contribution in [1.29, 1.82) is 0 Å². The molecule has 5 rings (SSSR count). The van der Waals surface area contributed by atoms with Gasteiger partial charge in [0.25, 0.3) is 5.91 Å². The van der Waals surface area contributed by atoms with Crippen LogP contribution in [-0.4, -0.2) is 59.2 Å². The second-order valence-corrected chi connectivity index (χ2v) is 8.48. The van der Waals surface area contributed by atoms with Gasteiger partial charge in [-0.2, -0.15) is 0 Å². The van der Waals surface area contributed by atoms with Gasteiger partial charge in [-0.15, -0.1) is 0 Å². The minimum Gasteiger partial charge on any atom is -0.489 e. The van der Waals surface area contributed by atoms with E-state index in [-0.39, 0.29) is 43.9 Å². The zero-order valence-corrected chi connectivity index (χ0v) is 18.5. The maximum absolute atomic E-state index is 13.0. The number of nitrogens with one attached hydrogen (secondary N) is 1. The minimum absolute atomic E-state index is 0.00613. The highest BCUT2D eigenvalue weighted by atomic mass is 16.5. The second kappa shape index (κ2) is 9.26. The van der Waals surface area contributed by atoms with E-state index in [1.807, 2.05) is 24.3 Å². The van der Waals surface area contributed by atoms with Crippen LogP contribution in [0.15, 0.2) is 42.5 Å². The predicted octanol–water partition coefficient (Wildman–Crippen LogP) is 1.39. The van der Waals surface area contributed by atoms with Crippen LogP contribution in [0.5, 0.6) is 5.75 Å². The van der Waals surface area contributed by atoms with Crippen molar-refractivity contribution in [1.82, 2.24) is 15.1 Å². The number of fused-ring (bicyclic) bond motifs is 1. The van der Waals surface area contributed by atoms with Crippen LogP contribution in [0, 0.1) is 0 Å². The van der Waals surface area contributed by atoms with E-state index >= 15 is 0 Å². The standard InChI is InChI=1S/C25H25N3O6/c29-22-9-8-20(24(31)26-22)28-13-19-18(25(28)32)2-1-3-21(19)34-14-17-6-4-16(5-7-17)12-27-10-11-33-15-23(27)30/h1-7,20H,8-15H2,(H,26,29,31)/i12D. The Morgan fingerprint density at radius 2 is 1.88 bits per heavy atom. The molecule has 3 aliphatic rings. The molecule has 0 aromatic heterocycles. The van der Waals surface area contributed by atoms with Crippen LogP contribution in [0.1, 0.15) is 41.3 Å². The third-order valence-electron chi connectivity index (χ3n) is 6.24. The SMILES string of the molecule is [2H]C(c1ccc(COc2cccc3c2CN(C2CCC(=O)NC2=O)C3=O)cc1)N1CCOCC1=O. The van der Waals surface area contributed by atoms with Gasteiger partial charge in [-0.05, 0) is 29.7 Å². The van der Waals surface area contributed by atoms with Crippen LogP contribution in [-0.2, 0) is 38.8 Å². The fraction of sp³-hybridized carbons (Fsp3) is 0.360. The number of hydrogen-bond acceptors (Lipinski definition) is 6. The van der Waals surface area contributed by atoms with Crippen molar-refractivity contribution in [3.8, 4) is 5.75 Å². The number of imide groups is 1. The normalized spacial score (nSPS) is 21.8. The molecule has 2 atom stereocenters. The van der Waals surface area contributed by atoms with E-state index < -0.39 is 18.5 Å². The summed E-state index contributed by atoms with van der Waals surface area (Å²) in [6.45, 7) is 0.532. The van der Waals surface area contributed by atoms with Gasteiger partial charge in [-0.25, -0.2) is 0 Å². The fourth-order valence-electron chi connectivity index (χ4n) is 4.40. The molecule has 34 heavy (non-hydrogen) atoms. The Balaban J connectivity index is 1.25. The summed E-state index contributed by atoms with van der Waals surface area (Å²) in [4.78, 5) is 51.7. The van der Waals surface area contributed by atoms with E-state index in [1.54, 1.807) is 18.2 Å². The van der Waals surface area contributed by atoms with E-state index in [1.165, 1.54) is 9.80 Å². The monoisotopic (exact) mass is 464 g/mol. The Kier molecular flexibility index (Phi) is 5.68. The largest absolute Gasteiger partial charge is 0.489 e. The first-order valence-corrected chi connectivity index (χ1v) is 11.2. The number of amides is 4. The Hall–Kier alpha value is -3.72. The van der Waals surface area contributed by atoms with E-state index in [4.69, 9.17) is 10.8 Å². The van der Waals surface area contributed by atoms with Crippen molar-refractivity contribution in [2.75, 3.05) is 19.8 Å². The number of benzene rings is 2. The number of rotatable bonds is 6. The molecule has 9 nitrogen and oxygen atoms in total. The van der Waals surface area contributed by atoms with Gasteiger partial charge >= 0.3 is 0 Å². The highest BCUT2D eigenvalue weighted by molar-refractivity contribution is 6.05. The molecule has 0 spiro atoms. The molecule has 2 saturated heterocycles. The number of carbonyl (C=O) groups is 4. The molecule has 0 radical (unpaired) electrons. The van der Waals surface area contributed by atoms with Crippen molar-refractivity contribution < 1.29 is 30.0 Å². The topological polar surface area (TPSA) is 105 Å². The Labute approximate surface area is 198 Å². The lowest BCUT2D eigenvalue weighted by molar-refractivity contribution is -0.143. The zero-order valence-electron chi connectivity index (χ0n) is 19.5. The number of carbonyl (C=O) groups excluding carboxylic acids is 4. The van der Waals surface area contributed by atoms with Gasteiger partial charge in [-0.3, -0.25) is 24.5 Å². The second-order valence-electron chi connectivity index (χ2n) is 8.48. The zero-order chi connectivity index (χ0) is 24.5. The van der Waals surface area contributed by atoms with E-state index in [9.17, 15) is 19.2 Å². The maximum Gasteiger partial charge on any atom is 0.255 e. The Morgan fingerprint density at radius 1 is 1.09 bits per heavy atom. The van der Waals surface area contributed by atoms with Crippen LogP contribution in [0.25, 0.3) is 0 Å². The van der Waals surface area contributed by atoms with Gasteiger partial charge < -0.3 is 19.3 Å². The Morgan fingerprint density at radius 3 is 2.65 bits per heavy atom. The van der Waals surface area contributed by atoms with Gasteiger partial charge in [-0.1, -0.05) is 30.3 Å². The molecule has 0 saturated carbocycles. The van der Waals surface area contributed by atoms with Crippen LogP contribution >= 0.6 is 0 Å². The molecule has 0 aliphatic carbocycles. The lowest BCUT2D eigenvalue weighted by Crippen LogP contribution is -2.52. The summed E-state index contributed by atoms with van der Waals surface area (Å²) in [5.41, 5.74) is 2.79. The molecular formula is C25H25N3O6. The molecule has 3 aliphatic heterocycles. The third kappa shape index (κ3) is 4.38. The number of piperidine rings is 1. The molecule has 176 valence electrons. The van der Waals surface area contributed by atoms with Crippen LogP contribution in [0.4, 0.5) is 0 Å². The molecule has 2 aromatic carbocycles. The van der Waals surface area contributed by atoms with Crippen molar-refractivity contribution >= 4 is 23.6 Å². The summed E-state index contributed by atoms with van der Waals surface area (Å²) < 4.78 is 19.6. The van der Waals surface area contributed by atoms with Crippen LogP contribution in [0.3, 0.4) is 0 Å². The number of ether oxygens (including phenoxy) is 2. The maximum atomic E-state index is 13.0. The quantitative estimate of drug-likeness (QED) is 0.648. The highest BCUT2D eigenvalue weighted by Crippen LogP contribution is 2.34. The van der Waals surface area contributed by atoms with Crippen molar-refractivity contribution in [3.05, 3.63) is 64.7 Å². The smallest absolute Gasteiger partial charge is 0.255 e.